The number of carbonyl (C=O) groups excluding carboxylic acids is 1. The fourth-order valence-electron chi connectivity index (χ4n) is 4.19. The third-order valence-corrected chi connectivity index (χ3v) is 8.29. The van der Waals surface area contributed by atoms with Gasteiger partial charge in [-0.05, 0) is 58.2 Å². The molecule has 40 heavy (non-hydrogen) atoms. The number of nitrogens with one attached hydrogen (secondary N) is 2. The van der Waals surface area contributed by atoms with Gasteiger partial charge in [-0.25, -0.2) is 13.1 Å². The van der Waals surface area contributed by atoms with Crippen LogP contribution in [0.15, 0.2) is 47.4 Å². The summed E-state index contributed by atoms with van der Waals surface area (Å²) >= 11 is 0. The lowest BCUT2D eigenvalue weighted by Crippen LogP contribution is -2.32. The standard InChI is InChI=1S/C27H33N5O7S/c1-5-18(3)30-40(36,37)24-15-21(32(34)35)12-13-23(24)39-27-19(4)25(26(33)28-16-22-7-6-14-38-22)29-31(27)20-10-8-17(2)9-11-20/h8-13,15,18,22,30H,5-7,14,16H2,1-4H3,(H,28,33)/t18-,22-/m1/s1. The Hall–Kier alpha value is -3.81. The average Bonchev–Trinajstić information content (AvgIpc) is 3.56. The van der Waals surface area contributed by atoms with Crippen molar-refractivity contribution in [3.8, 4) is 17.3 Å². The van der Waals surface area contributed by atoms with Crippen LogP contribution in [0.2, 0.25) is 0 Å². The quantitative estimate of drug-likeness (QED) is 0.257. The summed E-state index contributed by atoms with van der Waals surface area (Å²) in [7, 11) is -4.20. The molecule has 0 bridgehead atoms. The van der Waals surface area contributed by atoms with Crippen molar-refractivity contribution in [1.29, 1.82) is 0 Å². The summed E-state index contributed by atoms with van der Waals surface area (Å²) in [5.41, 5.74) is 1.63. The van der Waals surface area contributed by atoms with Gasteiger partial charge in [0, 0.05) is 36.9 Å². The van der Waals surface area contributed by atoms with Crippen LogP contribution in [0.3, 0.4) is 0 Å². The van der Waals surface area contributed by atoms with Crippen LogP contribution < -0.4 is 14.8 Å². The highest BCUT2D eigenvalue weighted by molar-refractivity contribution is 7.89. The summed E-state index contributed by atoms with van der Waals surface area (Å²) in [5, 5.41) is 18.8. The van der Waals surface area contributed by atoms with Crippen LogP contribution in [-0.2, 0) is 14.8 Å². The smallest absolute Gasteiger partial charge is 0.272 e. The Morgan fingerprint density at radius 2 is 1.98 bits per heavy atom. The minimum atomic E-state index is -4.20. The molecule has 1 aliphatic rings. The zero-order chi connectivity index (χ0) is 29.0. The van der Waals surface area contributed by atoms with Gasteiger partial charge in [-0.2, -0.15) is 9.78 Å². The van der Waals surface area contributed by atoms with Gasteiger partial charge in [-0.1, -0.05) is 24.6 Å². The molecule has 4 rings (SSSR count). The van der Waals surface area contributed by atoms with Crippen LogP contribution in [0, 0.1) is 24.0 Å². The van der Waals surface area contributed by atoms with Crippen LogP contribution in [-0.4, -0.2) is 54.3 Å². The van der Waals surface area contributed by atoms with Crippen LogP contribution in [0.4, 0.5) is 5.69 Å². The van der Waals surface area contributed by atoms with Crippen LogP contribution >= 0.6 is 0 Å². The molecule has 1 saturated heterocycles. The predicted octanol–water partition coefficient (Wildman–Crippen LogP) is 4.18. The SMILES string of the molecule is CC[C@@H](C)NS(=O)(=O)c1cc([N+](=O)[O-])ccc1Oc1c(C)c(C(=O)NC[C@H]2CCCO2)nn1-c1ccc(C)cc1. The number of rotatable bonds is 11. The third-order valence-electron chi connectivity index (χ3n) is 6.68. The fraction of sp³-hybridized carbons (Fsp3) is 0.407. The second kappa shape index (κ2) is 12.1. The van der Waals surface area contributed by atoms with Gasteiger partial charge in [0.05, 0.1) is 16.7 Å². The van der Waals surface area contributed by atoms with Crippen LogP contribution in [0.5, 0.6) is 11.6 Å². The molecule has 1 aromatic heterocycles. The molecule has 2 heterocycles. The van der Waals surface area contributed by atoms with Crippen molar-refractivity contribution < 1.29 is 27.6 Å². The first-order valence-corrected chi connectivity index (χ1v) is 14.5. The summed E-state index contributed by atoms with van der Waals surface area (Å²) < 4.78 is 42.2. The number of benzene rings is 2. The molecule has 0 spiro atoms. The lowest BCUT2D eigenvalue weighted by atomic mass is 10.2. The molecule has 1 fully saturated rings. The Morgan fingerprint density at radius 3 is 2.60 bits per heavy atom. The highest BCUT2D eigenvalue weighted by Crippen LogP contribution is 2.36. The number of carbonyl (C=O) groups is 1. The summed E-state index contributed by atoms with van der Waals surface area (Å²) in [5.74, 6) is -0.484. The van der Waals surface area contributed by atoms with E-state index >= 15 is 0 Å². The Bertz CT molecular complexity index is 1500. The molecule has 0 saturated carbocycles. The number of non-ortho nitro benzene ring substituents is 1. The Morgan fingerprint density at radius 1 is 1.25 bits per heavy atom. The van der Waals surface area contributed by atoms with Gasteiger partial charge in [0.1, 0.15) is 10.6 Å². The van der Waals surface area contributed by atoms with E-state index in [1.165, 1.54) is 10.7 Å². The molecule has 2 N–H and O–H groups in total. The molecule has 2 atom stereocenters. The summed E-state index contributed by atoms with van der Waals surface area (Å²) in [6.07, 6.45) is 2.23. The second-order valence-electron chi connectivity index (χ2n) is 9.79. The molecular weight excluding hydrogens is 538 g/mol. The molecule has 13 heteroatoms. The van der Waals surface area contributed by atoms with E-state index in [9.17, 15) is 23.3 Å². The van der Waals surface area contributed by atoms with Gasteiger partial charge in [0.15, 0.2) is 5.69 Å². The molecule has 214 valence electrons. The fourth-order valence-corrected chi connectivity index (χ4v) is 5.67. The minimum absolute atomic E-state index is 0.0648. The number of ether oxygens (including phenoxy) is 2. The van der Waals surface area contributed by atoms with Gasteiger partial charge in [0.25, 0.3) is 11.6 Å². The van der Waals surface area contributed by atoms with Gasteiger partial charge < -0.3 is 14.8 Å². The Labute approximate surface area is 232 Å². The summed E-state index contributed by atoms with van der Waals surface area (Å²) in [6, 6.07) is 10.2. The molecule has 12 nitrogen and oxygen atoms in total. The Kier molecular flexibility index (Phi) is 8.86. The van der Waals surface area contributed by atoms with Crippen molar-refractivity contribution in [1.82, 2.24) is 19.8 Å². The van der Waals surface area contributed by atoms with E-state index in [2.05, 4.69) is 15.1 Å². The van der Waals surface area contributed by atoms with Crippen molar-refractivity contribution in [2.45, 2.75) is 64.0 Å². The van der Waals surface area contributed by atoms with Crippen molar-refractivity contribution >= 4 is 21.6 Å². The molecule has 1 aliphatic heterocycles. The van der Waals surface area contributed by atoms with Crippen molar-refractivity contribution in [2.24, 2.45) is 0 Å². The molecule has 1 amide bonds. The number of hydrogen-bond donors (Lipinski definition) is 2. The zero-order valence-corrected chi connectivity index (χ0v) is 23.7. The maximum Gasteiger partial charge on any atom is 0.272 e. The van der Waals surface area contributed by atoms with Crippen molar-refractivity contribution in [3.05, 3.63) is 69.4 Å². The van der Waals surface area contributed by atoms with Crippen molar-refractivity contribution in [3.63, 3.8) is 0 Å². The lowest BCUT2D eigenvalue weighted by molar-refractivity contribution is -0.385. The molecule has 2 aromatic carbocycles. The summed E-state index contributed by atoms with van der Waals surface area (Å²) in [4.78, 5) is 23.5. The third kappa shape index (κ3) is 6.49. The van der Waals surface area contributed by atoms with E-state index in [4.69, 9.17) is 9.47 Å². The normalized spacial score (nSPS) is 16.1. The van der Waals surface area contributed by atoms with Crippen LogP contribution in [0.1, 0.15) is 54.7 Å². The summed E-state index contributed by atoms with van der Waals surface area (Å²) in [6.45, 7) is 8.06. The molecule has 3 aromatic rings. The molecule has 0 radical (unpaired) electrons. The first kappa shape index (κ1) is 29.2. The van der Waals surface area contributed by atoms with E-state index in [-0.39, 0.29) is 23.4 Å². The Balaban J connectivity index is 1.78. The largest absolute Gasteiger partial charge is 0.437 e. The number of sulfonamides is 1. The number of nitro groups is 1. The second-order valence-corrected chi connectivity index (χ2v) is 11.5. The van der Waals surface area contributed by atoms with E-state index in [0.29, 0.717) is 30.8 Å². The van der Waals surface area contributed by atoms with E-state index in [0.717, 1.165) is 30.5 Å². The predicted molar refractivity (Wildman–Crippen MR) is 148 cm³/mol. The van der Waals surface area contributed by atoms with Crippen molar-refractivity contribution in [2.75, 3.05) is 13.2 Å². The van der Waals surface area contributed by atoms with Gasteiger partial charge in [-0.15, -0.1) is 0 Å². The first-order valence-electron chi connectivity index (χ1n) is 13.0. The number of amides is 1. The van der Waals surface area contributed by atoms with E-state index in [1.54, 1.807) is 26.0 Å². The topological polar surface area (TPSA) is 155 Å². The number of nitrogens with zero attached hydrogens (tertiary/aromatic N) is 3. The number of aryl methyl sites for hydroxylation is 1. The monoisotopic (exact) mass is 571 g/mol. The molecule has 0 aliphatic carbocycles. The number of nitro benzene ring substituents is 1. The highest BCUT2D eigenvalue weighted by Gasteiger charge is 2.29. The van der Waals surface area contributed by atoms with Crippen LogP contribution in [0.25, 0.3) is 5.69 Å². The van der Waals surface area contributed by atoms with Gasteiger partial charge in [0.2, 0.25) is 15.9 Å². The minimum Gasteiger partial charge on any atom is -0.437 e. The first-order chi connectivity index (χ1) is 19.0. The number of aromatic nitrogens is 2. The highest BCUT2D eigenvalue weighted by atomic mass is 32.2. The molecular formula is C27H33N5O7S. The molecule has 0 unspecified atom stereocenters. The lowest BCUT2D eigenvalue weighted by Gasteiger charge is -2.16. The van der Waals surface area contributed by atoms with Gasteiger partial charge >= 0.3 is 0 Å². The average molecular weight is 572 g/mol. The maximum atomic E-state index is 13.3. The maximum absolute atomic E-state index is 13.3. The van der Waals surface area contributed by atoms with E-state index in [1.807, 2.05) is 26.0 Å². The van der Waals surface area contributed by atoms with Gasteiger partial charge in [-0.3, -0.25) is 14.9 Å². The number of hydrogen-bond acceptors (Lipinski definition) is 8. The van der Waals surface area contributed by atoms with E-state index < -0.39 is 37.5 Å². The zero-order valence-electron chi connectivity index (χ0n) is 22.8.